The van der Waals surface area contributed by atoms with Crippen molar-refractivity contribution in [1.29, 1.82) is 0 Å². The molecule has 132 valence electrons. The molecule has 0 spiro atoms. The smallest absolute Gasteiger partial charge is 0.223 e. The number of amides is 1. The van der Waals surface area contributed by atoms with Crippen molar-refractivity contribution in [2.24, 2.45) is 0 Å². The average Bonchev–Trinajstić information content (AvgIpc) is 2.66. The maximum atomic E-state index is 13.0. The van der Waals surface area contributed by atoms with E-state index in [-0.39, 0.29) is 28.9 Å². The molecule has 0 fully saturated rings. The number of allylic oxidation sites excluding steroid dienone is 2. The van der Waals surface area contributed by atoms with Gasteiger partial charge in [0.1, 0.15) is 17.1 Å². The molecule has 1 N–H and O–H groups in total. The first-order valence-corrected chi connectivity index (χ1v) is 8.02. The number of rotatable bonds is 4. The fourth-order valence-electron chi connectivity index (χ4n) is 2.77. The summed E-state index contributed by atoms with van der Waals surface area (Å²) in [6.45, 7) is 1.34. The Bertz CT molecular complexity index is 929. The van der Waals surface area contributed by atoms with Crippen LogP contribution in [-0.4, -0.2) is 36.5 Å². The lowest BCUT2D eigenvalue weighted by molar-refractivity contribution is -0.125. The summed E-state index contributed by atoms with van der Waals surface area (Å²) in [6.07, 6.45) is 0. The van der Waals surface area contributed by atoms with Gasteiger partial charge in [-0.25, -0.2) is 0 Å². The Balaban J connectivity index is 2.11. The van der Waals surface area contributed by atoms with Gasteiger partial charge in [0, 0.05) is 30.8 Å². The van der Waals surface area contributed by atoms with Gasteiger partial charge in [0.05, 0.1) is 7.11 Å². The fourth-order valence-corrected chi connectivity index (χ4v) is 2.77. The van der Waals surface area contributed by atoms with Gasteiger partial charge in [-0.2, -0.15) is 0 Å². The molecule has 0 saturated heterocycles. The molecule has 0 heterocycles. The lowest BCUT2D eigenvalue weighted by Crippen LogP contribution is -2.36. The first-order chi connectivity index (χ1) is 12.4. The highest BCUT2D eigenvalue weighted by Crippen LogP contribution is 2.29. The molecule has 0 aliphatic heterocycles. The van der Waals surface area contributed by atoms with E-state index in [1.807, 2.05) is 0 Å². The van der Waals surface area contributed by atoms with E-state index < -0.39 is 0 Å². The molecule has 0 atom stereocenters. The number of ether oxygens (including phenoxy) is 1. The highest BCUT2D eigenvalue weighted by Gasteiger charge is 2.35. The van der Waals surface area contributed by atoms with Gasteiger partial charge in [-0.3, -0.25) is 14.4 Å². The first-order valence-electron chi connectivity index (χ1n) is 8.02. The van der Waals surface area contributed by atoms with Crippen molar-refractivity contribution in [3.8, 4) is 5.75 Å². The van der Waals surface area contributed by atoms with Crippen LogP contribution in [0.2, 0.25) is 0 Å². The molecule has 0 unspecified atom stereocenters. The van der Waals surface area contributed by atoms with Crippen molar-refractivity contribution in [3.63, 3.8) is 0 Å². The maximum Gasteiger partial charge on any atom is 0.223 e. The van der Waals surface area contributed by atoms with Crippen LogP contribution in [0.15, 0.2) is 59.9 Å². The standard InChI is InChI=1S/C20H18N2O4/c1-12(23)22(2)18-17(21-13-8-10-14(26-3)11-9-13)19(24)15-6-4-5-7-16(15)20(18)25/h4-11,21H,1-3H3. The average molecular weight is 350 g/mol. The summed E-state index contributed by atoms with van der Waals surface area (Å²) in [5.74, 6) is -0.371. The summed E-state index contributed by atoms with van der Waals surface area (Å²) >= 11 is 0. The number of methoxy groups -OCH3 is 1. The van der Waals surface area contributed by atoms with Gasteiger partial charge in [-0.05, 0) is 24.3 Å². The van der Waals surface area contributed by atoms with Crippen LogP contribution in [0.25, 0.3) is 0 Å². The van der Waals surface area contributed by atoms with E-state index in [2.05, 4.69) is 5.32 Å². The van der Waals surface area contributed by atoms with E-state index in [4.69, 9.17) is 4.74 Å². The van der Waals surface area contributed by atoms with Crippen molar-refractivity contribution in [2.45, 2.75) is 6.92 Å². The largest absolute Gasteiger partial charge is 0.497 e. The zero-order chi connectivity index (χ0) is 18.8. The second-order valence-corrected chi connectivity index (χ2v) is 5.86. The topological polar surface area (TPSA) is 75.7 Å². The lowest BCUT2D eigenvalue weighted by Gasteiger charge is -2.27. The Morgan fingerprint density at radius 3 is 2.08 bits per heavy atom. The van der Waals surface area contributed by atoms with Crippen molar-refractivity contribution in [1.82, 2.24) is 4.90 Å². The van der Waals surface area contributed by atoms with Gasteiger partial charge in [-0.15, -0.1) is 0 Å². The summed E-state index contributed by atoms with van der Waals surface area (Å²) in [5, 5.41) is 3.00. The predicted octanol–water partition coefficient (Wildman–Crippen LogP) is 2.88. The van der Waals surface area contributed by atoms with Crippen LogP contribution in [0.3, 0.4) is 0 Å². The number of ketones is 2. The number of Topliss-reactive ketones (excluding diaryl/α,β-unsaturated/α-hetero) is 2. The molecule has 2 aromatic rings. The summed E-state index contributed by atoms with van der Waals surface area (Å²) in [6, 6.07) is 13.5. The molecule has 3 rings (SSSR count). The Morgan fingerprint density at radius 2 is 1.54 bits per heavy atom. The summed E-state index contributed by atoms with van der Waals surface area (Å²) < 4.78 is 5.12. The van der Waals surface area contributed by atoms with E-state index in [1.54, 1.807) is 55.6 Å². The SMILES string of the molecule is COc1ccc(NC2=C(N(C)C(C)=O)C(=O)c3ccccc3C2=O)cc1. The Morgan fingerprint density at radius 1 is 0.962 bits per heavy atom. The minimum absolute atomic E-state index is 0.0389. The number of likely N-dealkylation sites (N-methyl/N-ethyl adjacent to an activating group) is 1. The number of carbonyl (C=O) groups is 3. The number of fused-ring (bicyclic) bond motifs is 1. The van der Waals surface area contributed by atoms with Crippen molar-refractivity contribution >= 4 is 23.2 Å². The highest BCUT2D eigenvalue weighted by atomic mass is 16.5. The molecule has 1 aliphatic carbocycles. The molecule has 6 nitrogen and oxygen atoms in total. The van der Waals surface area contributed by atoms with Gasteiger partial charge in [0.15, 0.2) is 0 Å². The quantitative estimate of drug-likeness (QED) is 0.918. The van der Waals surface area contributed by atoms with Crippen LogP contribution in [-0.2, 0) is 4.79 Å². The van der Waals surface area contributed by atoms with Crippen molar-refractivity contribution in [3.05, 3.63) is 71.1 Å². The van der Waals surface area contributed by atoms with Crippen LogP contribution < -0.4 is 10.1 Å². The number of hydrogen-bond acceptors (Lipinski definition) is 5. The molecule has 0 aromatic heterocycles. The minimum atomic E-state index is -0.367. The highest BCUT2D eigenvalue weighted by molar-refractivity contribution is 6.28. The van der Waals surface area contributed by atoms with E-state index in [0.29, 0.717) is 22.6 Å². The van der Waals surface area contributed by atoms with E-state index in [1.165, 1.54) is 18.9 Å². The second kappa shape index (κ2) is 6.84. The van der Waals surface area contributed by atoms with Crippen LogP contribution in [0, 0.1) is 0 Å². The fraction of sp³-hybridized carbons (Fsp3) is 0.150. The Hall–Kier alpha value is -3.41. The third-order valence-electron chi connectivity index (χ3n) is 4.26. The zero-order valence-electron chi connectivity index (χ0n) is 14.7. The monoisotopic (exact) mass is 350 g/mol. The number of nitrogens with one attached hydrogen (secondary N) is 1. The first kappa shape index (κ1) is 17.4. The van der Waals surface area contributed by atoms with Gasteiger partial charge in [0.25, 0.3) is 0 Å². The molecule has 2 aromatic carbocycles. The number of carbonyl (C=O) groups excluding carboxylic acids is 3. The summed E-state index contributed by atoms with van der Waals surface area (Å²) in [7, 11) is 3.04. The number of nitrogens with zero attached hydrogens (tertiary/aromatic N) is 1. The third kappa shape index (κ3) is 2.97. The maximum absolute atomic E-state index is 13.0. The molecule has 0 radical (unpaired) electrons. The van der Waals surface area contributed by atoms with E-state index >= 15 is 0 Å². The normalized spacial score (nSPS) is 13.3. The molecular weight excluding hydrogens is 332 g/mol. The van der Waals surface area contributed by atoms with Crippen molar-refractivity contribution in [2.75, 3.05) is 19.5 Å². The molecule has 26 heavy (non-hydrogen) atoms. The Kier molecular flexibility index (Phi) is 4.58. The van der Waals surface area contributed by atoms with Gasteiger partial charge in [-0.1, -0.05) is 24.3 Å². The molecule has 0 bridgehead atoms. The van der Waals surface area contributed by atoms with Crippen LogP contribution in [0.5, 0.6) is 5.75 Å². The van der Waals surface area contributed by atoms with Gasteiger partial charge in [0.2, 0.25) is 17.5 Å². The lowest BCUT2D eigenvalue weighted by atomic mass is 9.89. The molecule has 0 saturated carbocycles. The second-order valence-electron chi connectivity index (χ2n) is 5.86. The Labute approximate surface area is 151 Å². The summed E-state index contributed by atoms with van der Waals surface area (Å²) in [5.41, 5.74) is 1.33. The number of anilines is 1. The third-order valence-corrected chi connectivity index (χ3v) is 4.26. The minimum Gasteiger partial charge on any atom is -0.497 e. The van der Waals surface area contributed by atoms with Crippen molar-refractivity contribution < 1.29 is 19.1 Å². The van der Waals surface area contributed by atoms with Crippen LogP contribution in [0.4, 0.5) is 5.69 Å². The van der Waals surface area contributed by atoms with E-state index in [0.717, 1.165) is 0 Å². The van der Waals surface area contributed by atoms with E-state index in [9.17, 15) is 14.4 Å². The summed E-state index contributed by atoms with van der Waals surface area (Å²) in [4.78, 5) is 39.0. The van der Waals surface area contributed by atoms with Crippen LogP contribution in [0.1, 0.15) is 27.6 Å². The molecule has 6 heteroatoms. The molecular formula is C20H18N2O4. The molecule has 1 amide bonds. The number of benzene rings is 2. The predicted molar refractivity (Wildman–Crippen MR) is 97.2 cm³/mol. The van der Waals surface area contributed by atoms with Gasteiger partial charge < -0.3 is 15.0 Å². The molecule has 1 aliphatic rings. The van der Waals surface area contributed by atoms with Gasteiger partial charge >= 0.3 is 0 Å². The van der Waals surface area contributed by atoms with Crippen LogP contribution >= 0.6 is 0 Å². The number of hydrogen-bond donors (Lipinski definition) is 1. The zero-order valence-corrected chi connectivity index (χ0v) is 14.7.